The summed E-state index contributed by atoms with van der Waals surface area (Å²) in [5.74, 6) is 0.874. The van der Waals surface area contributed by atoms with Crippen LogP contribution in [0, 0.1) is 5.92 Å². The van der Waals surface area contributed by atoms with Crippen molar-refractivity contribution in [2.75, 3.05) is 20.1 Å². The fourth-order valence-electron chi connectivity index (χ4n) is 4.46. The van der Waals surface area contributed by atoms with Gasteiger partial charge in [-0.15, -0.1) is 24.8 Å². The summed E-state index contributed by atoms with van der Waals surface area (Å²) < 4.78 is 40.6. The maximum Gasteiger partial charge on any atom is 0.416 e. The second kappa shape index (κ2) is 9.73. The average molecular weight is 464 g/mol. The Hall–Kier alpha value is -1.54. The molecule has 0 aliphatic carbocycles. The fourth-order valence-corrected chi connectivity index (χ4v) is 4.46. The number of nitrogens with zero attached hydrogens (tertiary/aromatic N) is 2. The Bertz CT molecular complexity index is 932. The Morgan fingerprint density at radius 2 is 1.90 bits per heavy atom. The number of pyridine rings is 1. The molecular weight excluding hydrogens is 438 g/mol. The molecule has 2 atom stereocenters. The summed E-state index contributed by atoms with van der Waals surface area (Å²) in [5.41, 5.74) is 1.75. The number of piperidine rings is 1. The Labute approximate surface area is 186 Å². The van der Waals surface area contributed by atoms with E-state index in [4.69, 9.17) is 0 Å². The molecule has 0 spiro atoms. The van der Waals surface area contributed by atoms with Crippen LogP contribution in [-0.4, -0.2) is 29.6 Å². The summed E-state index contributed by atoms with van der Waals surface area (Å²) in [6.45, 7) is 3.35. The molecule has 2 aliphatic heterocycles. The number of hydrogen-bond acceptors (Lipinski definition) is 3. The van der Waals surface area contributed by atoms with E-state index in [-0.39, 0.29) is 30.4 Å². The summed E-state index contributed by atoms with van der Waals surface area (Å²) in [6, 6.07) is 9.27. The molecule has 3 heterocycles. The van der Waals surface area contributed by atoms with Crippen LogP contribution in [0.3, 0.4) is 0 Å². The Kier molecular flexibility index (Phi) is 8.02. The Balaban J connectivity index is 0.00000160. The molecule has 4 nitrogen and oxygen atoms in total. The summed E-state index contributed by atoms with van der Waals surface area (Å²) in [6.07, 6.45) is -3.22. The summed E-state index contributed by atoms with van der Waals surface area (Å²) in [5, 5.41) is 3.43. The van der Waals surface area contributed by atoms with Gasteiger partial charge in [0.2, 0.25) is 0 Å². The molecule has 2 aliphatic rings. The van der Waals surface area contributed by atoms with Gasteiger partial charge in [0.15, 0.2) is 0 Å². The summed E-state index contributed by atoms with van der Waals surface area (Å²) in [4.78, 5) is 14.9. The van der Waals surface area contributed by atoms with E-state index in [1.807, 2.05) is 28.6 Å². The topological polar surface area (TPSA) is 37.3 Å². The maximum absolute atomic E-state index is 13.0. The van der Waals surface area contributed by atoms with E-state index in [0.29, 0.717) is 36.1 Å². The van der Waals surface area contributed by atoms with Crippen molar-refractivity contribution in [2.24, 2.45) is 5.92 Å². The first-order valence-corrected chi connectivity index (χ1v) is 9.59. The average Bonchev–Trinajstić information content (AvgIpc) is 2.64. The lowest BCUT2D eigenvalue weighted by molar-refractivity contribution is -0.137. The SMILES string of the molecule is CN(Cc1cccc(C(F)(F)F)c1)Cc1ccc2n(c1=O)C[C@@H]1CNC[C@H]2C1.Cl.Cl. The Morgan fingerprint density at radius 1 is 1.13 bits per heavy atom. The minimum absolute atomic E-state index is 0. The molecule has 166 valence electrons. The molecule has 2 aromatic rings. The van der Waals surface area contributed by atoms with Gasteiger partial charge in [-0.25, -0.2) is 0 Å². The monoisotopic (exact) mass is 463 g/mol. The van der Waals surface area contributed by atoms with Crippen LogP contribution in [0.5, 0.6) is 0 Å². The van der Waals surface area contributed by atoms with E-state index < -0.39 is 11.7 Å². The molecule has 2 bridgehead atoms. The van der Waals surface area contributed by atoms with Crippen LogP contribution < -0.4 is 10.9 Å². The second-order valence-corrected chi connectivity index (χ2v) is 8.03. The fraction of sp³-hybridized carbons (Fsp3) is 0.476. The van der Waals surface area contributed by atoms with Crippen LogP contribution in [0.1, 0.15) is 34.7 Å². The van der Waals surface area contributed by atoms with Gasteiger partial charge in [-0.1, -0.05) is 24.3 Å². The number of halogens is 5. The minimum Gasteiger partial charge on any atom is -0.316 e. The van der Waals surface area contributed by atoms with Crippen molar-refractivity contribution in [1.29, 1.82) is 0 Å². The number of nitrogens with one attached hydrogen (secondary N) is 1. The van der Waals surface area contributed by atoms with Crippen molar-refractivity contribution >= 4 is 24.8 Å². The smallest absolute Gasteiger partial charge is 0.316 e. The highest BCUT2D eigenvalue weighted by molar-refractivity contribution is 5.85. The minimum atomic E-state index is -4.35. The quantitative estimate of drug-likeness (QED) is 0.742. The number of alkyl halides is 3. The number of benzene rings is 1. The van der Waals surface area contributed by atoms with Gasteiger partial charge in [0.05, 0.1) is 5.56 Å². The standard InChI is InChI=1S/C21H24F3N3O.2ClH/c1-26(11-14-3-2-4-18(8-14)21(22,23)24)13-16-5-6-19-17-7-15(9-25-10-17)12-27(19)20(16)28;;/h2-6,8,15,17,25H,7,9-13H2,1H3;2*1H/t15-,17+;;/m0../s1. The first kappa shape index (κ1) is 24.7. The largest absolute Gasteiger partial charge is 0.416 e. The van der Waals surface area contributed by atoms with Gasteiger partial charge < -0.3 is 9.88 Å². The number of aromatic nitrogens is 1. The molecule has 4 rings (SSSR count). The maximum atomic E-state index is 13.0. The number of fused-ring (bicyclic) bond motifs is 4. The van der Waals surface area contributed by atoms with Crippen molar-refractivity contribution in [3.8, 4) is 0 Å². The summed E-state index contributed by atoms with van der Waals surface area (Å²) >= 11 is 0. The van der Waals surface area contributed by atoms with Crippen LogP contribution in [-0.2, 0) is 25.8 Å². The third kappa shape index (κ3) is 5.19. The van der Waals surface area contributed by atoms with Gasteiger partial charge in [-0.05, 0) is 43.6 Å². The van der Waals surface area contributed by atoms with E-state index in [9.17, 15) is 18.0 Å². The van der Waals surface area contributed by atoms with Crippen molar-refractivity contribution < 1.29 is 13.2 Å². The number of rotatable bonds is 4. The molecule has 0 radical (unpaired) electrons. The van der Waals surface area contributed by atoms with E-state index in [2.05, 4.69) is 5.32 Å². The highest BCUT2D eigenvalue weighted by atomic mass is 35.5. The van der Waals surface area contributed by atoms with Gasteiger partial charge in [0.25, 0.3) is 5.56 Å². The highest BCUT2D eigenvalue weighted by Crippen LogP contribution is 2.32. The zero-order chi connectivity index (χ0) is 19.9. The molecule has 0 unspecified atom stereocenters. The van der Waals surface area contributed by atoms with E-state index in [1.54, 1.807) is 6.07 Å². The Morgan fingerprint density at radius 3 is 2.63 bits per heavy atom. The van der Waals surface area contributed by atoms with Crippen LogP contribution in [0.25, 0.3) is 0 Å². The molecule has 1 N–H and O–H groups in total. The van der Waals surface area contributed by atoms with Crippen LogP contribution in [0.15, 0.2) is 41.2 Å². The third-order valence-corrected chi connectivity index (χ3v) is 5.73. The van der Waals surface area contributed by atoms with E-state index in [1.165, 1.54) is 12.1 Å². The predicted molar refractivity (Wildman–Crippen MR) is 116 cm³/mol. The van der Waals surface area contributed by atoms with Crippen molar-refractivity contribution in [3.63, 3.8) is 0 Å². The molecule has 1 fully saturated rings. The molecule has 0 saturated carbocycles. The van der Waals surface area contributed by atoms with Gasteiger partial charge in [-0.3, -0.25) is 9.69 Å². The van der Waals surface area contributed by atoms with E-state index in [0.717, 1.165) is 37.8 Å². The van der Waals surface area contributed by atoms with Gasteiger partial charge in [0, 0.05) is 43.4 Å². The van der Waals surface area contributed by atoms with E-state index >= 15 is 0 Å². The zero-order valence-corrected chi connectivity index (χ0v) is 18.2. The first-order chi connectivity index (χ1) is 13.3. The van der Waals surface area contributed by atoms with Gasteiger partial charge in [-0.2, -0.15) is 13.2 Å². The van der Waals surface area contributed by atoms with Crippen molar-refractivity contribution in [3.05, 3.63) is 69.1 Å². The molecule has 30 heavy (non-hydrogen) atoms. The summed E-state index contributed by atoms with van der Waals surface area (Å²) in [7, 11) is 1.82. The van der Waals surface area contributed by atoms with Crippen LogP contribution in [0.2, 0.25) is 0 Å². The van der Waals surface area contributed by atoms with Crippen LogP contribution >= 0.6 is 24.8 Å². The van der Waals surface area contributed by atoms with Gasteiger partial charge >= 0.3 is 6.18 Å². The highest BCUT2D eigenvalue weighted by Gasteiger charge is 2.32. The molecule has 9 heteroatoms. The van der Waals surface area contributed by atoms with Crippen molar-refractivity contribution in [1.82, 2.24) is 14.8 Å². The second-order valence-electron chi connectivity index (χ2n) is 8.03. The molecule has 1 aromatic heterocycles. The van der Waals surface area contributed by atoms with Gasteiger partial charge in [0.1, 0.15) is 0 Å². The molecular formula is C21H26Cl2F3N3O. The first-order valence-electron chi connectivity index (χ1n) is 9.59. The molecule has 0 amide bonds. The van der Waals surface area contributed by atoms with Crippen molar-refractivity contribution in [2.45, 2.75) is 38.1 Å². The molecule has 1 aromatic carbocycles. The zero-order valence-electron chi connectivity index (χ0n) is 16.6. The normalized spacial score (nSPS) is 20.2. The lowest BCUT2D eigenvalue weighted by Gasteiger charge is -2.37. The predicted octanol–water partition coefficient (Wildman–Crippen LogP) is 4.05. The molecule has 1 saturated heterocycles. The lowest BCUT2D eigenvalue weighted by atomic mass is 9.84. The van der Waals surface area contributed by atoms with Crippen LogP contribution in [0.4, 0.5) is 13.2 Å². The lowest BCUT2D eigenvalue weighted by Crippen LogP contribution is -2.45. The number of hydrogen-bond donors (Lipinski definition) is 1. The third-order valence-electron chi connectivity index (χ3n) is 5.73.